The number of alkyl halides is 3. The second-order valence-corrected chi connectivity index (χ2v) is 5.42. The lowest BCUT2D eigenvalue weighted by Gasteiger charge is -2.08. The van der Waals surface area contributed by atoms with Gasteiger partial charge in [-0.3, -0.25) is 0 Å². The van der Waals surface area contributed by atoms with Crippen molar-refractivity contribution in [3.8, 4) is 23.5 Å². The molecule has 6 nitrogen and oxygen atoms in total. The van der Waals surface area contributed by atoms with Crippen molar-refractivity contribution in [2.24, 2.45) is 0 Å². The van der Waals surface area contributed by atoms with E-state index < -0.39 is 12.1 Å². The van der Waals surface area contributed by atoms with Gasteiger partial charge in [0.15, 0.2) is 5.57 Å². The number of allylic oxidation sites excluding steroid dienone is 1. The number of rotatable bonds is 5. The summed E-state index contributed by atoms with van der Waals surface area (Å²) in [5, 5.41) is 24.4. The van der Waals surface area contributed by atoms with E-state index in [1.165, 1.54) is 11.8 Å². The van der Waals surface area contributed by atoms with E-state index in [1.54, 1.807) is 42.7 Å². The van der Waals surface area contributed by atoms with Gasteiger partial charge in [-0.05, 0) is 11.8 Å². The average molecular weight is 365 g/mol. The van der Waals surface area contributed by atoms with Gasteiger partial charge >= 0.3 is 12.1 Å². The second kappa shape index (κ2) is 7.73. The summed E-state index contributed by atoms with van der Waals surface area (Å²) in [7, 11) is 0. The molecule has 0 fully saturated rings. The minimum absolute atomic E-state index is 0.0180. The Kier molecular flexibility index (Phi) is 5.67. The lowest BCUT2D eigenvalue weighted by Crippen LogP contribution is -2.12. The van der Waals surface area contributed by atoms with E-state index in [-0.39, 0.29) is 11.4 Å². The van der Waals surface area contributed by atoms with Crippen LogP contribution < -0.4 is 5.32 Å². The first-order valence-electron chi connectivity index (χ1n) is 6.71. The molecule has 0 radical (unpaired) electrons. The van der Waals surface area contributed by atoms with E-state index >= 15 is 0 Å². The molecule has 1 heterocycles. The fourth-order valence-corrected chi connectivity index (χ4v) is 2.31. The van der Waals surface area contributed by atoms with Gasteiger partial charge in [0.05, 0.1) is 5.03 Å². The first kappa shape index (κ1) is 18.4. The van der Waals surface area contributed by atoms with Gasteiger partial charge in [-0.15, -0.1) is 11.8 Å². The number of benzene rings is 1. The molecular weight excluding hydrogens is 355 g/mol. The average Bonchev–Trinajstić information content (AvgIpc) is 3.09. The van der Waals surface area contributed by atoms with E-state index in [0.717, 1.165) is 5.56 Å². The number of hydrogen-bond donors (Lipinski definition) is 1. The highest BCUT2D eigenvalue weighted by Crippen LogP contribution is 2.29. The number of nitrogens with zero attached hydrogens (tertiary/aromatic N) is 4. The SMILES string of the molecule is CSC(NCc1ccc(-c2noc(C(F)(F)F)n2)cc1)=C(C#N)C#N. The van der Waals surface area contributed by atoms with Crippen LogP contribution in [0.2, 0.25) is 0 Å². The first-order valence-corrected chi connectivity index (χ1v) is 7.94. The van der Waals surface area contributed by atoms with Crippen molar-refractivity contribution in [2.75, 3.05) is 6.26 Å². The molecule has 0 atom stereocenters. The Morgan fingerprint density at radius 1 is 1.24 bits per heavy atom. The molecule has 1 N–H and O–H groups in total. The van der Waals surface area contributed by atoms with E-state index in [2.05, 4.69) is 20.0 Å². The van der Waals surface area contributed by atoms with Crippen LogP contribution in [0.1, 0.15) is 11.5 Å². The Labute approximate surface area is 144 Å². The molecule has 0 saturated carbocycles. The van der Waals surface area contributed by atoms with Crippen LogP contribution in [-0.2, 0) is 12.7 Å². The van der Waals surface area contributed by atoms with Gasteiger partial charge in [-0.2, -0.15) is 28.7 Å². The highest BCUT2D eigenvalue weighted by Gasteiger charge is 2.38. The van der Waals surface area contributed by atoms with Gasteiger partial charge < -0.3 is 9.84 Å². The van der Waals surface area contributed by atoms with Crippen molar-refractivity contribution in [2.45, 2.75) is 12.7 Å². The Morgan fingerprint density at radius 3 is 2.36 bits per heavy atom. The smallest absolute Gasteiger partial charge is 0.374 e. The van der Waals surface area contributed by atoms with Crippen LogP contribution in [0.25, 0.3) is 11.4 Å². The van der Waals surface area contributed by atoms with Crippen LogP contribution in [0.15, 0.2) is 39.4 Å². The Balaban J connectivity index is 2.11. The van der Waals surface area contributed by atoms with Crippen LogP contribution >= 0.6 is 11.8 Å². The highest BCUT2D eigenvalue weighted by molar-refractivity contribution is 8.02. The minimum Gasteiger partial charge on any atom is -0.374 e. The van der Waals surface area contributed by atoms with Crippen molar-refractivity contribution >= 4 is 11.8 Å². The third-order valence-electron chi connectivity index (χ3n) is 2.99. The summed E-state index contributed by atoms with van der Waals surface area (Å²) in [6, 6.07) is 10.0. The monoisotopic (exact) mass is 365 g/mol. The fraction of sp³-hybridized carbons (Fsp3) is 0.200. The van der Waals surface area contributed by atoms with Gasteiger partial charge in [0.1, 0.15) is 12.1 Å². The van der Waals surface area contributed by atoms with Crippen LogP contribution in [-0.4, -0.2) is 16.4 Å². The Bertz CT molecular complexity index is 843. The molecule has 1 aromatic carbocycles. The highest BCUT2D eigenvalue weighted by atomic mass is 32.2. The summed E-state index contributed by atoms with van der Waals surface area (Å²) in [4.78, 5) is 3.31. The lowest BCUT2D eigenvalue weighted by molar-refractivity contribution is -0.159. The molecule has 0 saturated heterocycles. The van der Waals surface area contributed by atoms with Crippen LogP contribution in [0, 0.1) is 22.7 Å². The maximum atomic E-state index is 12.5. The largest absolute Gasteiger partial charge is 0.471 e. The topological polar surface area (TPSA) is 98.5 Å². The number of nitrogens with one attached hydrogen (secondary N) is 1. The van der Waals surface area contributed by atoms with Crippen molar-refractivity contribution in [1.82, 2.24) is 15.5 Å². The third-order valence-corrected chi connectivity index (χ3v) is 3.75. The van der Waals surface area contributed by atoms with Crippen molar-refractivity contribution in [1.29, 1.82) is 10.5 Å². The molecule has 128 valence electrons. The third kappa shape index (κ3) is 4.52. The summed E-state index contributed by atoms with van der Waals surface area (Å²) >= 11 is 1.24. The molecular formula is C15H10F3N5OS. The molecule has 0 aliphatic heterocycles. The molecule has 25 heavy (non-hydrogen) atoms. The Morgan fingerprint density at radius 2 is 1.88 bits per heavy atom. The predicted molar refractivity (Wildman–Crippen MR) is 83.3 cm³/mol. The van der Waals surface area contributed by atoms with E-state index in [4.69, 9.17) is 10.5 Å². The van der Waals surface area contributed by atoms with Gasteiger partial charge in [0, 0.05) is 12.1 Å². The standard InChI is InChI=1S/C15H10F3N5OS/c1-25-13(11(6-19)7-20)21-8-9-2-4-10(5-3-9)12-22-14(24-23-12)15(16,17)18/h2-5,21H,8H2,1H3. The molecule has 0 unspecified atom stereocenters. The summed E-state index contributed by atoms with van der Waals surface area (Å²) in [6.07, 6.45) is -2.95. The quantitative estimate of drug-likeness (QED) is 0.810. The molecule has 1 aromatic heterocycles. The lowest BCUT2D eigenvalue weighted by atomic mass is 10.1. The molecule has 2 rings (SSSR count). The fourth-order valence-electron chi connectivity index (χ4n) is 1.80. The number of hydrogen-bond acceptors (Lipinski definition) is 7. The molecule has 0 amide bonds. The summed E-state index contributed by atoms with van der Waals surface area (Å²) < 4.78 is 41.6. The molecule has 0 aliphatic rings. The second-order valence-electron chi connectivity index (χ2n) is 4.60. The predicted octanol–water partition coefficient (Wildman–Crippen LogP) is 3.47. The zero-order valence-electron chi connectivity index (χ0n) is 12.8. The van der Waals surface area contributed by atoms with E-state index in [0.29, 0.717) is 17.1 Å². The summed E-state index contributed by atoms with van der Waals surface area (Å²) in [5.41, 5.74) is 1.15. The van der Waals surface area contributed by atoms with Crippen LogP contribution in [0.3, 0.4) is 0 Å². The van der Waals surface area contributed by atoms with Crippen molar-refractivity contribution in [3.63, 3.8) is 0 Å². The normalized spacial score (nSPS) is 10.6. The van der Waals surface area contributed by atoms with Crippen LogP contribution in [0.5, 0.6) is 0 Å². The Hall–Kier alpha value is -2.98. The van der Waals surface area contributed by atoms with Gasteiger partial charge in [-0.25, -0.2) is 0 Å². The summed E-state index contributed by atoms with van der Waals surface area (Å²) in [6.45, 7) is 0.337. The molecule has 0 spiro atoms. The van der Waals surface area contributed by atoms with Gasteiger partial charge in [-0.1, -0.05) is 29.4 Å². The maximum Gasteiger partial charge on any atom is 0.471 e. The molecule has 0 aliphatic carbocycles. The molecule has 2 aromatic rings. The first-order chi connectivity index (χ1) is 11.9. The number of nitriles is 2. The number of aromatic nitrogens is 2. The van der Waals surface area contributed by atoms with Gasteiger partial charge in [0.25, 0.3) is 0 Å². The zero-order valence-corrected chi connectivity index (χ0v) is 13.6. The van der Waals surface area contributed by atoms with E-state index in [1.807, 2.05) is 0 Å². The van der Waals surface area contributed by atoms with Crippen LogP contribution in [0.4, 0.5) is 13.2 Å². The van der Waals surface area contributed by atoms with Gasteiger partial charge in [0.2, 0.25) is 5.82 Å². The molecule has 0 bridgehead atoms. The summed E-state index contributed by atoms with van der Waals surface area (Å²) in [5.74, 6) is -1.56. The maximum absolute atomic E-state index is 12.5. The minimum atomic E-state index is -4.69. The number of halogens is 3. The molecule has 10 heteroatoms. The van der Waals surface area contributed by atoms with E-state index in [9.17, 15) is 13.2 Å². The number of thioether (sulfide) groups is 1. The zero-order chi connectivity index (χ0) is 18.4. The van der Waals surface area contributed by atoms with Crippen molar-refractivity contribution in [3.05, 3.63) is 46.3 Å². The van der Waals surface area contributed by atoms with Crippen molar-refractivity contribution < 1.29 is 17.7 Å².